The second-order valence-corrected chi connectivity index (χ2v) is 5.41. The Kier molecular flexibility index (Phi) is 2.04. The zero-order valence-electron chi connectivity index (χ0n) is 7.40. The maximum atomic E-state index is 11.8. The molecule has 0 bridgehead atoms. The fourth-order valence-corrected chi connectivity index (χ4v) is 3.86. The molecule has 1 aliphatic heterocycles. The van der Waals surface area contributed by atoms with Crippen molar-refractivity contribution in [2.45, 2.75) is 31.3 Å². The van der Waals surface area contributed by atoms with Gasteiger partial charge in [0.15, 0.2) is 0 Å². The van der Waals surface area contributed by atoms with Gasteiger partial charge in [0.05, 0.1) is 0 Å². The average Bonchev–Trinajstić information content (AvgIpc) is 2.60. The standard InChI is InChI=1S/C7H14NO3P/c1-10-12(9,11-2)8-6-4-3-5-7(6)8/h6-7H,3-5H2,1-2H3/t6-,7+,8?. The topological polar surface area (TPSA) is 38.5 Å². The lowest BCUT2D eigenvalue weighted by Crippen LogP contribution is -2.06. The number of fused-ring (bicyclic) bond motifs is 1. The second-order valence-electron chi connectivity index (χ2n) is 3.28. The molecule has 1 saturated carbocycles. The van der Waals surface area contributed by atoms with Crippen molar-refractivity contribution in [2.75, 3.05) is 14.2 Å². The van der Waals surface area contributed by atoms with Gasteiger partial charge < -0.3 is 0 Å². The van der Waals surface area contributed by atoms with Crippen molar-refractivity contribution < 1.29 is 13.6 Å². The number of piperidine rings is 1. The molecule has 0 spiro atoms. The molecule has 0 amide bonds. The van der Waals surface area contributed by atoms with Gasteiger partial charge in [-0.15, -0.1) is 0 Å². The summed E-state index contributed by atoms with van der Waals surface area (Å²) in [4.78, 5) is 0. The van der Waals surface area contributed by atoms with Gasteiger partial charge in [-0.1, -0.05) is 6.42 Å². The molecule has 2 fully saturated rings. The van der Waals surface area contributed by atoms with Crippen LogP contribution in [0.5, 0.6) is 0 Å². The van der Waals surface area contributed by atoms with E-state index in [-0.39, 0.29) is 0 Å². The first-order valence-electron chi connectivity index (χ1n) is 4.23. The predicted octanol–water partition coefficient (Wildman–Crippen LogP) is 1.62. The zero-order chi connectivity index (χ0) is 8.77. The highest BCUT2D eigenvalue weighted by Crippen LogP contribution is 2.64. The second kappa shape index (κ2) is 2.81. The molecule has 5 heteroatoms. The van der Waals surface area contributed by atoms with E-state index in [9.17, 15) is 4.57 Å². The Balaban J connectivity index is 2.06. The van der Waals surface area contributed by atoms with Gasteiger partial charge in [-0.25, -0.2) is 4.57 Å². The molecule has 0 radical (unpaired) electrons. The summed E-state index contributed by atoms with van der Waals surface area (Å²) in [5, 5.41) is 0. The van der Waals surface area contributed by atoms with E-state index in [1.165, 1.54) is 20.6 Å². The lowest BCUT2D eigenvalue weighted by molar-refractivity contribution is 0.238. The summed E-state index contributed by atoms with van der Waals surface area (Å²) in [6.45, 7) is 0. The first-order valence-corrected chi connectivity index (χ1v) is 5.73. The Morgan fingerprint density at radius 3 is 2.17 bits per heavy atom. The van der Waals surface area contributed by atoms with Crippen molar-refractivity contribution in [1.29, 1.82) is 0 Å². The summed E-state index contributed by atoms with van der Waals surface area (Å²) in [5.41, 5.74) is 0. The van der Waals surface area contributed by atoms with Crippen molar-refractivity contribution in [3.63, 3.8) is 0 Å². The molecule has 0 aromatic heterocycles. The Hall–Kier alpha value is 0.110. The van der Waals surface area contributed by atoms with Gasteiger partial charge in [-0.05, 0) is 12.8 Å². The lowest BCUT2D eigenvalue weighted by atomic mass is 10.3. The molecule has 0 aromatic carbocycles. The maximum Gasteiger partial charge on any atom is 0.408 e. The van der Waals surface area contributed by atoms with Gasteiger partial charge >= 0.3 is 7.75 Å². The van der Waals surface area contributed by atoms with E-state index in [1.54, 1.807) is 0 Å². The molecule has 70 valence electrons. The highest BCUT2D eigenvalue weighted by molar-refractivity contribution is 7.51. The molecular weight excluding hydrogens is 177 g/mol. The quantitative estimate of drug-likeness (QED) is 0.502. The van der Waals surface area contributed by atoms with Crippen LogP contribution in [0.4, 0.5) is 0 Å². The van der Waals surface area contributed by atoms with Gasteiger partial charge in [0.1, 0.15) is 0 Å². The highest BCUT2D eigenvalue weighted by Gasteiger charge is 2.60. The Labute approximate surface area is 72.4 Å². The van der Waals surface area contributed by atoms with Gasteiger partial charge in [0.2, 0.25) is 0 Å². The lowest BCUT2D eigenvalue weighted by Gasteiger charge is -2.16. The van der Waals surface area contributed by atoms with Crippen LogP contribution in [0.3, 0.4) is 0 Å². The largest absolute Gasteiger partial charge is 0.408 e. The van der Waals surface area contributed by atoms with Crippen LogP contribution in [-0.4, -0.2) is 31.0 Å². The van der Waals surface area contributed by atoms with E-state index in [4.69, 9.17) is 9.05 Å². The van der Waals surface area contributed by atoms with Crippen LogP contribution in [0.15, 0.2) is 0 Å². The van der Waals surface area contributed by atoms with Crippen molar-refractivity contribution >= 4 is 7.75 Å². The summed E-state index contributed by atoms with van der Waals surface area (Å²) in [7, 11) is -0.000626. The Morgan fingerprint density at radius 1 is 1.25 bits per heavy atom. The number of hydrogen-bond acceptors (Lipinski definition) is 3. The third-order valence-corrected chi connectivity index (χ3v) is 4.86. The molecule has 12 heavy (non-hydrogen) atoms. The highest BCUT2D eigenvalue weighted by atomic mass is 31.2. The average molecular weight is 191 g/mol. The smallest absolute Gasteiger partial charge is 0.300 e. The third kappa shape index (κ3) is 1.06. The van der Waals surface area contributed by atoms with Crippen LogP contribution >= 0.6 is 7.75 Å². The molecule has 2 rings (SSSR count). The van der Waals surface area contributed by atoms with Crippen LogP contribution in [0.25, 0.3) is 0 Å². The van der Waals surface area contributed by atoms with Crippen molar-refractivity contribution in [3.8, 4) is 0 Å². The summed E-state index contributed by atoms with van der Waals surface area (Å²) < 4.78 is 23.5. The fraction of sp³-hybridized carbons (Fsp3) is 1.00. The minimum Gasteiger partial charge on any atom is -0.300 e. The van der Waals surface area contributed by atoms with Crippen LogP contribution in [0.1, 0.15) is 19.3 Å². The van der Waals surface area contributed by atoms with Gasteiger partial charge in [-0.3, -0.25) is 9.05 Å². The van der Waals surface area contributed by atoms with Crippen molar-refractivity contribution in [1.82, 2.24) is 4.67 Å². The van der Waals surface area contributed by atoms with Gasteiger partial charge in [0, 0.05) is 26.3 Å². The number of hydrogen-bond donors (Lipinski definition) is 0. The molecule has 0 N–H and O–H groups in total. The Bertz CT molecular complexity index is 215. The summed E-state index contributed by atoms with van der Waals surface area (Å²) in [6.07, 6.45) is 3.53. The number of rotatable bonds is 3. The predicted molar refractivity (Wildman–Crippen MR) is 44.9 cm³/mol. The van der Waals surface area contributed by atoms with E-state index in [1.807, 2.05) is 4.67 Å². The van der Waals surface area contributed by atoms with E-state index >= 15 is 0 Å². The third-order valence-electron chi connectivity index (χ3n) is 2.78. The van der Waals surface area contributed by atoms with Gasteiger partial charge in [0.25, 0.3) is 0 Å². The van der Waals surface area contributed by atoms with Crippen LogP contribution < -0.4 is 0 Å². The molecular formula is C7H14NO3P. The minimum atomic E-state index is -2.89. The van der Waals surface area contributed by atoms with Crippen LogP contribution in [-0.2, 0) is 13.6 Å². The molecule has 1 aliphatic carbocycles. The molecule has 4 nitrogen and oxygen atoms in total. The molecule has 0 aromatic rings. The molecule has 3 atom stereocenters. The molecule has 1 unspecified atom stereocenters. The first kappa shape index (κ1) is 8.70. The minimum absolute atomic E-state index is 0.468. The fourth-order valence-electron chi connectivity index (χ4n) is 2.13. The Morgan fingerprint density at radius 2 is 1.75 bits per heavy atom. The van der Waals surface area contributed by atoms with Crippen LogP contribution in [0, 0.1) is 0 Å². The van der Waals surface area contributed by atoms with E-state index in [0.29, 0.717) is 12.1 Å². The maximum absolute atomic E-state index is 11.8. The molecule has 1 heterocycles. The van der Waals surface area contributed by atoms with Crippen molar-refractivity contribution in [3.05, 3.63) is 0 Å². The van der Waals surface area contributed by atoms with Crippen molar-refractivity contribution in [2.24, 2.45) is 0 Å². The van der Waals surface area contributed by atoms with Crippen LogP contribution in [0.2, 0.25) is 0 Å². The summed E-state index contributed by atoms with van der Waals surface area (Å²) in [5.74, 6) is 0. The summed E-state index contributed by atoms with van der Waals surface area (Å²) >= 11 is 0. The van der Waals surface area contributed by atoms with E-state index in [0.717, 1.165) is 12.8 Å². The molecule has 2 aliphatic rings. The number of nitrogens with zero attached hydrogens (tertiary/aromatic N) is 1. The molecule has 1 saturated heterocycles. The summed E-state index contributed by atoms with van der Waals surface area (Å²) in [6, 6.07) is 0.937. The van der Waals surface area contributed by atoms with E-state index in [2.05, 4.69) is 0 Å². The SMILES string of the molecule is COP(=O)(OC)N1[C@@H]2CCC[C@@H]21. The van der Waals surface area contributed by atoms with E-state index < -0.39 is 7.75 Å². The zero-order valence-corrected chi connectivity index (χ0v) is 8.29. The van der Waals surface area contributed by atoms with Gasteiger partial charge in [-0.2, -0.15) is 4.67 Å². The monoisotopic (exact) mass is 191 g/mol. The first-order chi connectivity index (χ1) is 5.73. The normalized spacial score (nSPS) is 39.7.